The van der Waals surface area contributed by atoms with Crippen molar-refractivity contribution in [3.05, 3.63) is 58.3 Å². The van der Waals surface area contributed by atoms with Crippen LogP contribution in [-0.2, 0) is 16.0 Å². The number of carbonyl (C=O) groups excluding carboxylic acids is 3. The molecule has 1 aliphatic heterocycles. The number of thiophene rings is 1. The normalized spacial score (nSPS) is 17.9. The Morgan fingerprint density at radius 1 is 1.19 bits per heavy atom. The van der Waals surface area contributed by atoms with E-state index >= 15 is 0 Å². The van der Waals surface area contributed by atoms with E-state index in [4.69, 9.17) is 0 Å². The van der Waals surface area contributed by atoms with E-state index in [1.807, 2.05) is 61.7 Å². The van der Waals surface area contributed by atoms with Gasteiger partial charge in [-0.05, 0) is 22.9 Å². The van der Waals surface area contributed by atoms with Gasteiger partial charge in [-0.3, -0.25) is 14.5 Å². The van der Waals surface area contributed by atoms with Gasteiger partial charge in [0.1, 0.15) is 12.6 Å². The number of benzene rings is 1. The van der Waals surface area contributed by atoms with E-state index in [-0.39, 0.29) is 30.3 Å². The quantitative estimate of drug-likeness (QED) is 0.720. The Morgan fingerprint density at radius 2 is 1.93 bits per heavy atom. The molecule has 1 fully saturated rings. The number of hydrogen-bond acceptors (Lipinski definition) is 4. The van der Waals surface area contributed by atoms with Crippen LogP contribution in [0.15, 0.2) is 47.8 Å². The van der Waals surface area contributed by atoms with Crippen LogP contribution in [0.4, 0.5) is 4.79 Å². The highest BCUT2D eigenvalue weighted by molar-refractivity contribution is 7.10. The first kappa shape index (κ1) is 19.1. The molecule has 1 aromatic heterocycles. The summed E-state index contributed by atoms with van der Waals surface area (Å²) in [6.07, 6.45) is 0.410. The van der Waals surface area contributed by atoms with Crippen molar-refractivity contribution >= 4 is 29.2 Å². The van der Waals surface area contributed by atoms with Crippen molar-refractivity contribution in [2.75, 3.05) is 6.54 Å². The minimum Gasteiger partial charge on any atom is -0.347 e. The molecule has 0 aliphatic carbocycles. The molecule has 7 heteroatoms. The van der Waals surface area contributed by atoms with Crippen LogP contribution in [-0.4, -0.2) is 35.3 Å². The number of hydrogen-bond donors (Lipinski definition) is 2. The summed E-state index contributed by atoms with van der Waals surface area (Å²) in [6, 6.07) is 12.1. The largest absolute Gasteiger partial charge is 0.347 e. The number of nitrogens with one attached hydrogen (secondary N) is 2. The van der Waals surface area contributed by atoms with E-state index in [0.29, 0.717) is 6.42 Å². The smallest absolute Gasteiger partial charge is 0.325 e. The molecule has 0 unspecified atom stereocenters. The number of carbonyl (C=O) groups is 3. The van der Waals surface area contributed by atoms with Crippen LogP contribution in [0.1, 0.15) is 30.3 Å². The molecule has 0 spiro atoms. The SMILES string of the molecule is CC(C)[C@@H](NC(=O)CN1C(=O)N[C@@H](Cc2ccccc2)C1=O)c1cccs1. The van der Waals surface area contributed by atoms with E-state index < -0.39 is 12.1 Å². The highest BCUT2D eigenvalue weighted by Gasteiger charge is 2.39. The second-order valence-electron chi connectivity index (χ2n) is 6.92. The summed E-state index contributed by atoms with van der Waals surface area (Å²) in [6.45, 7) is 3.77. The number of amides is 4. The first-order valence-corrected chi connectivity index (χ1v) is 9.82. The van der Waals surface area contributed by atoms with Crippen molar-refractivity contribution in [2.45, 2.75) is 32.4 Å². The Morgan fingerprint density at radius 3 is 2.56 bits per heavy atom. The Bertz CT molecular complexity index is 805. The third kappa shape index (κ3) is 4.54. The molecular formula is C20H23N3O3S. The summed E-state index contributed by atoms with van der Waals surface area (Å²) in [5, 5.41) is 7.58. The number of urea groups is 1. The number of imide groups is 1. The molecule has 2 N–H and O–H groups in total. The monoisotopic (exact) mass is 385 g/mol. The summed E-state index contributed by atoms with van der Waals surface area (Å²) in [5.41, 5.74) is 0.958. The molecule has 3 rings (SSSR count). The van der Waals surface area contributed by atoms with Crippen molar-refractivity contribution in [1.29, 1.82) is 0 Å². The summed E-state index contributed by atoms with van der Waals surface area (Å²) in [4.78, 5) is 39.3. The molecule has 0 radical (unpaired) electrons. The predicted octanol–water partition coefficient (Wildman–Crippen LogP) is 2.72. The van der Waals surface area contributed by atoms with E-state index in [9.17, 15) is 14.4 Å². The molecule has 6 nitrogen and oxygen atoms in total. The lowest BCUT2D eigenvalue weighted by atomic mass is 10.0. The fraction of sp³-hybridized carbons (Fsp3) is 0.350. The van der Waals surface area contributed by atoms with Crippen molar-refractivity contribution in [3.63, 3.8) is 0 Å². The van der Waals surface area contributed by atoms with E-state index in [0.717, 1.165) is 15.3 Å². The van der Waals surface area contributed by atoms with Gasteiger partial charge in [0, 0.05) is 11.3 Å². The third-order valence-electron chi connectivity index (χ3n) is 4.52. The molecule has 2 aromatic rings. The van der Waals surface area contributed by atoms with Crippen LogP contribution in [0.25, 0.3) is 0 Å². The molecule has 1 aliphatic rings. The van der Waals surface area contributed by atoms with Crippen molar-refractivity contribution in [2.24, 2.45) is 5.92 Å². The van der Waals surface area contributed by atoms with Crippen molar-refractivity contribution < 1.29 is 14.4 Å². The maximum atomic E-state index is 12.6. The fourth-order valence-electron chi connectivity index (χ4n) is 3.11. The predicted molar refractivity (Wildman–Crippen MR) is 104 cm³/mol. The van der Waals surface area contributed by atoms with E-state index in [2.05, 4.69) is 10.6 Å². The second kappa shape index (κ2) is 8.35. The minimum absolute atomic E-state index is 0.140. The zero-order valence-corrected chi connectivity index (χ0v) is 16.2. The summed E-state index contributed by atoms with van der Waals surface area (Å²) in [7, 11) is 0. The maximum Gasteiger partial charge on any atom is 0.325 e. The van der Waals surface area contributed by atoms with Gasteiger partial charge in [-0.15, -0.1) is 11.3 Å². The maximum absolute atomic E-state index is 12.6. The first-order valence-electron chi connectivity index (χ1n) is 8.94. The van der Waals surface area contributed by atoms with Gasteiger partial charge in [0.2, 0.25) is 5.91 Å². The zero-order valence-electron chi connectivity index (χ0n) is 15.3. The fourth-order valence-corrected chi connectivity index (χ4v) is 4.06. The van der Waals surface area contributed by atoms with Gasteiger partial charge in [0.25, 0.3) is 5.91 Å². The van der Waals surface area contributed by atoms with Gasteiger partial charge < -0.3 is 10.6 Å². The van der Waals surface area contributed by atoms with Gasteiger partial charge >= 0.3 is 6.03 Å². The van der Waals surface area contributed by atoms with Crippen LogP contribution < -0.4 is 10.6 Å². The Labute approximate surface area is 162 Å². The Kier molecular flexibility index (Phi) is 5.91. The lowest BCUT2D eigenvalue weighted by molar-refractivity contribution is -0.132. The summed E-state index contributed by atoms with van der Waals surface area (Å²) in [5.74, 6) is -0.510. The second-order valence-corrected chi connectivity index (χ2v) is 7.90. The molecule has 2 atom stereocenters. The zero-order chi connectivity index (χ0) is 19.4. The Balaban J connectivity index is 1.62. The number of rotatable bonds is 7. The topological polar surface area (TPSA) is 78.5 Å². The Hall–Kier alpha value is -2.67. The van der Waals surface area contributed by atoms with Crippen LogP contribution in [0, 0.1) is 5.92 Å². The van der Waals surface area contributed by atoms with E-state index in [1.165, 1.54) is 0 Å². The van der Waals surface area contributed by atoms with E-state index in [1.54, 1.807) is 11.3 Å². The average Bonchev–Trinajstić information content (AvgIpc) is 3.25. The number of nitrogens with zero attached hydrogens (tertiary/aromatic N) is 1. The third-order valence-corrected chi connectivity index (χ3v) is 5.48. The molecule has 0 saturated carbocycles. The highest BCUT2D eigenvalue weighted by Crippen LogP contribution is 2.25. The van der Waals surface area contributed by atoms with Gasteiger partial charge in [-0.1, -0.05) is 50.2 Å². The molecule has 2 heterocycles. The highest BCUT2D eigenvalue weighted by atomic mass is 32.1. The van der Waals surface area contributed by atoms with Gasteiger partial charge in [-0.2, -0.15) is 0 Å². The molecule has 1 aromatic carbocycles. The van der Waals surface area contributed by atoms with Crippen LogP contribution >= 0.6 is 11.3 Å². The van der Waals surface area contributed by atoms with Crippen molar-refractivity contribution in [3.8, 4) is 0 Å². The van der Waals surface area contributed by atoms with Crippen LogP contribution in [0.2, 0.25) is 0 Å². The molecular weight excluding hydrogens is 362 g/mol. The minimum atomic E-state index is -0.633. The van der Waals surface area contributed by atoms with Gasteiger partial charge in [0.15, 0.2) is 0 Å². The standard InChI is InChI=1S/C20H23N3O3S/c1-13(2)18(16-9-6-10-27-16)22-17(24)12-23-19(25)15(21-20(23)26)11-14-7-4-3-5-8-14/h3-10,13,15,18H,11-12H2,1-2H3,(H,21,26)(H,22,24)/t15-,18+/m0/s1. The molecule has 1 saturated heterocycles. The lowest BCUT2D eigenvalue weighted by Crippen LogP contribution is -2.43. The first-order chi connectivity index (χ1) is 13.0. The lowest BCUT2D eigenvalue weighted by Gasteiger charge is -2.22. The molecule has 27 heavy (non-hydrogen) atoms. The van der Waals surface area contributed by atoms with Crippen LogP contribution in [0.5, 0.6) is 0 Å². The van der Waals surface area contributed by atoms with Crippen molar-refractivity contribution in [1.82, 2.24) is 15.5 Å². The van der Waals surface area contributed by atoms with Crippen LogP contribution in [0.3, 0.4) is 0 Å². The summed E-state index contributed by atoms with van der Waals surface area (Å²) >= 11 is 1.57. The molecule has 142 valence electrons. The van der Waals surface area contributed by atoms with Gasteiger partial charge in [-0.25, -0.2) is 4.79 Å². The molecule has 4 amide bonds. The average molecular weight is 385 g/mol. The molecule has 0 bridgehead atoms. The summed E-state index contributed by atoms with van der Waals surface area (Å²) < 4.78 is 0. The van der Waals surface area contributed by atoms with Gasteiger partial charge in [0.05, 0.1) is 6.04 Å².